The Labute approximate surface area is 182 Å². The van der Waals surface area contributed by atoms with E-state index in [0.29, 0.717) is 18.2 Å². The molecule has 0 bridgehead atoms. The summed E-state index contributed by atoms with van der Waals surface area (Å²) < 4.78 is 28.3. The van der Waals surface area contributed by atoms with Crippen molar-refractivity contribution in [3.05, 3.63) is 52.8 Å². The van der Waals surface area contributed by atoms with Crippen LogP contribution in [0.3, 0.4) is 0 Å². The van der Waals surface area contributed by atoms with Gasteiger partial charge in [0.25, 0.3) is 0 Å². The Balaban J connectivity index is 1.48. The molecule has 2 aliphatic rings. The van der Waals surface area contributed by atoms with Crippen LogP contribution in [0.2, 0.25) is 0 Å². The molecule has 2 heterocycles. The van der Waals surface area contributed by atoms with Gasteiger partial charge in [0.05, 0.1) is 18.9 Å². The van der Waals surface area contributed by atoms with Gasteiger partial charge in [-0.25, -0.2) is 4.39 Å². The van der Waals surface area contributed by atoms with E-state index in [2.05, 4.69) is 13.0 Å². The van der Waals surface area contributed by atoms with E-state index in [1.807, 2.05) is 22.5 Å². The Morgan fingerprint density at radius 1 is 1.23 bits per heavy atom. The molecule has 1 N–H and O–H groups in total. The van der Waals surface area contributed by atoms with Crippen molar-refractivity contribution in [3.8, 4) is 5.75 Å². The van der Waals surface area contributed by atoms with Gasteiger partial charge in [-0.15, -0.1) is 0 Å². The average molecular weight is 432 g/mol. The molecule has 0 spiro atoms. The summed E-state index contributed by atoms with van der Waals surface area (Å²) in [4.78, 5) is 0.976. The van der Waals surface area contributed by atoms with Gasteiger partial charge in [0.15, 0.2) is 0 Å². The van der Waals surface area contributed by atoms with Crippen LogP contribution in [0.1, 0.15) is 42.9 Å². The summed E-state index contributed by atoms with van der Waals surface area (Å²) in [5, 5.41) is 9.86. The van der Waals surface area contributed by atoms with E-state index >= 15 is 0 Å². The summed E-state index contributed by atoms with van der Waals surface area (Å²) >= 11 is 1.53. The molecule has 0 aliphatic carbocycles. The zero-order valence-electron chi connectivity index (χ0n) is 17.5. The summed E-state index contributed by atoms with van der Waals surface area (Å²) in [6.07, 6.45) is 4.79. The number of rotatable bonds is 7. The molecule has 2 aliphatic heterocycles. The highest BCUT2D eigenvalue weighted by atomic mass is 32.2. The smallest absolute Gasteiger partial charge is 0.147 e. The predicted octanol–water partition coefficient (Wildman–Crippen LogP) is 5.15. The highest BCUT2D eigenvalue weighted by molar-refractivity contribution is 8.00. The van der Waals surface area contributed by atoms with Gasteiger partial charge < -0.3 is 18.9 Å². The number of hydrogen-bond donors (Lipinski definition) is 1. The van der Waals surface area contributed by atoms with Gasteiger partial charge in [0.2, 0.25) is 0 Å². The first-order chi connectivity index (χ1) is 14.7. The van der Waals surface area contributed by atoms with Crippen molar-refractivity contribution < 1.29 is 19.0 Å². The maximum absolute atomic E-state index is 14.8. The van der Waals surface area contributed by atoms with Crippen LogP contribution >= 0.6 is 11.9 Å². The van der Waals surface area contributed by atoms with Crippen LogP contribution in [0.4, 0.5) is 10.1 Å². The molecule has 0 radical (unpaired) electrons. The molecule has 4 rings (SSSR count). The van der Waals surface area contributed by atoms with Crippen molar-refractivity contribution in [1.29, 1.82) is 0 Å². The largest absolute Gasteiger partial charge is 0.493 e. The van der Waals surface area contributed by atoms with Crippen molar-refractivity contribution >= 4 is 17.6 Å². The first-order valence-electron chi connectivity index (χ1n) is 10.9. The predicted molar refractivity (Wildman–Crippen MR) is 119 cm³/mol. The van der Waals surface area contributed by atoms with Gasteiger partial charge in [0, 0.05) is 30.2 Å². The molecular weight excluding hydrogens is 401 g/mol. The standard InChI is InChI=1S/C24H30FNO3S/c1-2-17-12-19-4-3-9-26(24(19)22(25)13-17)30-21-5-6-23(20(14-21)15-27)29-16-18-7-10-28-11-8-18/h5-6,12-14,18,27H,2-4,7-11,15-16H2,1H3. The zero-order chi connectivity index (χ0) is 20.9. The number of nitrogens with zero attached hydrogens (tertiary/aromatic N) is 1. The SMILES string of the molecule is CCc1cc(F)c2c(c1)CCCN2Sc1ccc(OCC2CCOCC2)c(CO)c1. The Kier molecular flexibility index (Phi) is 7.18. The van der Waals surface area contributed by atoms with Crippen LogP contribution in [0.15, 0.2) is 35.2 Å². The van der Waals surface area contributed by atoms with Crippen LogP contribution in [-0.2, 0) is 24.2 Å². The lowest BCUT2D eigenvalue weighted by Crippen LogP contribution is -2.24. The van der Waals surface area contributed by atoms with E-state index in [4.69, 9.17) is 9.47 Å². The van der Waals surface area contributed by atoms with Crippen LogP contribution in [0, 0.1) is 11.7 Å². The first-order valence-corrected chi connectivity index (χ1v) is 11.7. The summed E-state index contributed by atoms with van der Waals surface area (Å²) in [5.41, 5.74) is 3.61. The van der Waals surface area contributed by atoms with Crippen molar-refractivity contribution in [1.82, 2.24) is 0 Å². The Hall–Kier alpha value is -1.76. The van der Waals surface area contributed by atoms with E-state index in [9.17, 15) is 9.50 Å². The number of hydrogen-bond acceptors (Lipinski definition) is 5. The average Bonchev–Trinajstić information content (AvgIpc) is 2.78. The van der Waals surface area contributed by atoms with Gasteiger partial charge in [-0.1, -0.05) is 13.0 Å². The minimum absolute atomic E-state index is 0.0810. The molecule has 1 saturated heterocycles. The monoisotopic (exact) mass is 431 g/mol. The summed E-state index contributed by atoms with van der Waals surface area (Å²) in [6.45, 7) is 5.01. The van der Waals surface area contributed by atoms with E-state index in [1.165, 1.54) is 11.9 Å². The summed E-state index contributed by atoms with van der Waals surface area (Å²) in [5.74, 6) is 1.08. The molecule has 0 amide bonds. The molecule has 30 heavy (non-hydrogen) atoms. The third kappa shape index (κ3) is 4.93. The topological polar surface area (TPSA) is 41.9 Å². The van der Waals surface area contributed by atoms with Crippen molar-refractivity contribution in [2.45, 2.75) is 50.5 Å². The molecule has 1 fully saturated rings. The van der Waals surface area contributed by atoms with Gasteiger partial charge in [-0.2, -0.15) is 0 Å². The van der Waals surface area contributed by atoms with Gasteiger partial charge in [-0.3, -0.25) is 0 Å². The Bertz CT molecular complexity index is 870. The molecule has 6 heteroatoms. The number of ether oxygens (including phenoxy) is 2. The fourth-order valence-electron chi connectivity index (χ4n) is 4.13. The van der Waals surface area contributed by atoms with E-state index < -0.39 is 0 Å². The molecule has 0 saturated carbocycles. The van der Waals surface area contributed by atoms with Crippen molar-refractivity contribution in [3.63, 3.8) is 0 Å². The minimum atomic E-state index is -0.143. The second kappa shape index (κ2) is 10.0. The van der Waals surface area contributed by atoms with E-state index in [1.54, 1.807) is 6.07 Å². The Morgan fingerprint density at radius 2 is 2.07 bits per heavy atom. The molecule has 0 aromatic heterocycles. The third-order valence-corrected chi connectivity index (χ3v) is 6.95. The maximum Gasteiger partial charge on any atom is 0.147 e. The highest BCUT2D eigenvalue weighted by Gasteiger charge is 2.23. The molecule has 0 unspecified atom stereocenters. The number of aliphatic hydroxyl groups excluding tert-OH is 1. The molecule has 2 aromatic rings. The quantitative estimate of drug-likeness (QED) is 0.615. The fourth-order valence-corrected chi connectivity index (χ4v) is 5.23. The highest BCUT2D eigenvalue weighted by Crippen LogP contribution is 2.39. The van der Waals surface area contributed by atoms with Gasteiger partial charge in [-0.05, 0) is 85.4 Å². The number of benzene rings is 2. The third-order valence-electron chi connectivity index (χ3n) is 5.90. The first kappa shape index (κ1) is 21.5. The van der Waals surface area contributed by atoms with Crippen molar-refractivity contribution in [2.24, 2.45) is 5.92 Å². The molecule has 4 nitrogen and oxygen atoms in total. The summed E-state index contributed by atoms with van der Waals surface area (Å²) in [7, 11) is 0. The number of aryl methyl sites for hydroxylation is 2. The number of halogens is 1. The molecule has 162 valence electrons. The number of fused-ring (bicyclic) bond motifs is 1. The van der Waals surface area contributed by atoms with Crippen molar-refractivity contribution in [2.75, 3.05) is 30.7 Å². The lowest BCUT2D eigenvalue weighted by atomic mass is 9.99. The number of aliphatic hydroxyl groups is 1. The zero-order valence-corrected chi connectivity index (χ0v) is 18.3. The second-order valence-corrected chi connectivity index (χ2v) is 9.13. The lowest BCUT2D eigenvalue weighted by Gasteiger charge is -2.31. The molecule has 2 aromatic carbocycles. The lowest BCUT2D eigenvalue weighted by molar-refractivity contribution is 0.0494. The van der Waals surface area contributed by atoms with Crippen LogP contribution in [0.25, 0.3) is 0 Å². The maximum atomic E-state index is 14.8. The van der Waals surface area contributed by atoms with E-state index in [-0.39, 0.29) is 12.4 Å². The second-order valence-electron chi connectivity index (χ2n) is 8.03. The number of anilines is 1. The normalized spacial score (nSPS) is 17.1. The Morgan fingerprint density at radius 3 is 2.83 bits per heavy atom. The van der Waals surface area contributed by atoms with Gasteiger partial charge >= 0.3 is 0 Å². The summed E-state index contributed by atoms with van der Waals surface area (Å²) in [6, 6.07) is 9.67. The van der Waals surface area contributed by atoms with E-state index in [0.717, 1.165) is 79.2 Å². The molecular formula is C24H30FNO3S. The molecule has 0 atom stereocenters. The minimum Gasteiger partial charge on any atom is -0.493 e. The fraction of sp³-hybridized carbons (Fsp3) is 0.500. The van der Waals surface area contributed by atoms with Crippen LogP contribution in [-0.4, -0.2) is 31.5 Å². The van der Waals surface area contributed by atoms with Gasteiger partial charge in [0.1, 0.15) is 11.6 Å². The van der Waals surface area contributed by atoms with Crippen LogP contribution in [0.5, 0.6) is 5.75 Å². The van der Waals surface area contributed by atoms with Crippen LogP contribution < -0.4 is 9.04 Å².